The van der Waals surface area contributed by atoms with E-state index in [4.69, 9.17) is 4.74 Å². The summed E-state index contributed by atoms with van der Waals surface area (Å²) in [7, 11) is 0. The van der Waals surface area contributed by atoms with E-state index in [9.17, 15) is 14.0 Å². The van der Waals surface area contributed by atoms with Crippen LogP contribution in [0.25, 0.3) is 0 Å². The molecule has 1 fully saturated rings. The van der Waals surface area contributed by atoms with Crippen LogP contribution in [0.1, 0.15) is 49.5 Å². The topological polar surface area (TPSA) is 46.6 Å². The molecule has 1 aromatic carbocycles. The highest BCUT2D eigenvalue weighted by Crippen LogP contribution is 2.45. The Balaban J connectivity index is 1.72. The van der Waals surface area contributed by atoms with Gasteiger partial charge in [0.2, 0.25) is 0 Å². The molecule has 3 rings (SSSR count). The molecule has 1 saturated heterocycles. The van der Waals surface area contributed by atoms with Crippen molar-refractivity contribution in [2.45, 2.75) is 45.6 Å². The van der Waals surface area contributed by atoms with Crippen LogP contribution in [0, 0.1) is 11.2 Å². The van der Waals surface area contributed by atoms with Crippen LogP contribution in [0.15, 0.2) is 18.2 Å². The van der Waals surface area contributed by atoms with Crippen molar-refractivity contribution in [3.8, 4) is 0 Å². The fourth-order valence-corrected chi connectivity index (χ4v) is 3.53. The summed E-state index contributed by atoms with van der Waals surface area (Å²) in [6.45, 7) is 6.43. The van der Waals surface area contributed by atoms with Gasteiger partial charge in [0.05, 0.1) is 5.56 Å². The largest absolute Gasteiger partial charge is 0.444 e. The molecule has 0 atom stereocenters. The highest BCUT2D eigenvalue weighted by molar-refractivity contribution is 6.05. The molecule has 1 heterocycles. The second kappa shape index (κ2) is 5.32. The minimum absolute atomic E-state index is 0.102. The predicted molar refractivity (Wildman–Crippen MR) is 83.9 cm³/mol. The summed E-state index contributed by atoms with van der Waals surface area (Å²) in [5, 5.41) is 0. The maximum absolute atomic E-state index is 14.0. The number of likely N-dealkylation sites (tertiary alicyclic amines) is 1. The maximum Gasteiger partial charge on any atom is 0.410 e. The average Bonchev–Trinajstić information content (AvgIpc) is 2.72. The smallest absolute Gasteiger partial charge is 0.410 e. The van der Waals surface area contributed by atoms with Gasteiger partial charge in [-0.1, -0.05) is 12.1 Å². The second-order valence-corrected chi connectivity index (χ2v) is 7.53. The van der Waals surface area contributed by atoms with Gasteiger partial charge in [-0.25, -0.2) is 9.18 Å². The van der Waals surface area contributed by atoms with Gasteiger partial charge in [0.1, 0.15) is 11.4 Å². The number of fused-ring (bicyclic) bond motifs is 1. The molecule has 1 aromatic rings. The van der Waals surface area contributed by atoms with Gasteiger partial charge < -0.3 is 9.64 Å². The zero-order valence-corrected chi connectivity index (χ0v) is 13.8. The SMILES string of the molecule is CC(C)(C)OC(=O)N1CCC2(CC1)Cc1cccc(F)c1C2=O. The first-order valence-electron chi connectivity index (χ1n) is 8.02. The molecule has 1 amide bonds. The number of rotatable bonds is 0. The van der Waals surface area contributed by atoms with E-state index >= 15 is 0 Å². The number of halogens is 1. The first-order chi connectivity index (χ1) is 10.7. The summed E-state index contributed by atoms with van der Waals surface area (Å²) < 4.78 is 19.3. The normalized spacial score (nSPS) is 19.8. The number of ketones is 1. The van der Waals surface area contributed by atoms with Gasteiger partial charge in [0.25, 0.3) is 0 Å². The Bertz CT molecular complexity index is 655. The van der Waals surface area contributed by atoms with Gasteiger partial charge in [0, 0.05) is 18.5 Å². The number of amides is 1. The number of benzene rings is 1. The van der Waals surface area contributed by atoms with E-state index in [1.54, 1.807) is 11.0 Å². The Morgan fingerprint density at radius 1 is 1.26 bits per heavy atom. The van der Waals surface area contributed by atoms with Crippen molar-refractivity contribution in [1.82, 2.24) is 4.90 Å². The fourth-order valence-electron chi connectivity index (χ4n) is 3.53. The lowest BCUT2D eigenvalue weighted by Gasteiger charge is -2.38. The summed E-state index contributed by atoms with van der Waals surface area (Å²) in [6.07, 6.45) is 1.33. The number of hydrogen-bond acceptors (Lipinski definition) is 3. The maximum atomic E-state index is 14.0. The zero-order valence-electron chi connectivity index (χ0n) is 13.8. The van der Waals surface area contributed by atoms with Gasteiger partial charge in [-0.3, -0.25) is 4.79 Å². The molecule has 2 aliphatic rings. The summed E-state index contributed by atoms with van der Waals surface area (Å²) in [5.41, 5.74) is -0.0448. The third-order valence-electron chi connectivity index (χ3n) is 4.71. The monoisotopic (exact) mass is 319 g/mol. The summed E-state index contributed by atoms with van der Waals surface area (Å²) in [5.74, 6) is -0.534. The molecular formula is C18H22FNO3. The minimum Gasteiger partial charge on any atom is -0.444 e. The molecule has 0 N–H and O–H groups in total. The molecule has 1 aliphatic heterocycles. The van der Waals surface area contributed by atoms with E-state index in [0.717, 1.165) is 5.56 Å². The number of piperidine rings is 1. The van der Waals surface area contributed by atoms with E-state index in [0.29, 0.717) is 32.4 Å². The highest BCUT2D eigenvalue weighted by Gasteiger charge is 2.48. The van der Waals surface area contributed by atoms with Gasteiger partial charge in [-0.2, -0.15) is 0 Å². The molecule has 0 radical (unpaired) electrons. The van der Waals surface area contributed by atoms with E-state index in [2.05, 4.69) is 0 Å². The molecule has 23 heavy (non-hydrogen) atoms. The van der Waals surface area contributed by atoms with Gasteiger partial charge in [0.15, 0.2) is 5.78 Å². The van der Waals surface area contributed by atoms with Crippen molar-refractivity contribution in [2.75, 3.05) is 13.1 Å². The van der Waals surface area contributed by atoms with Crippen LogP contribution in [-0.4, -0.2) is 35.5 Å². The van der Waals surface area contributed by atoms with Crippen molar-refractivity contribution >= 4 is 11.9 Å². The third-order valence-corrected chi connectivity index (χ3v) is 4.71. The van der Waals surface area contributed by atoms with Crippen molar-refractivity contribution in [2.24, 2.45) is 5.41 Å². The number of hydrogen-bond donors (Lipinski definition) is 0. The predicted octanol–water partition coefficient (Wildman–Crippen LogP) is 3.58. The lowest BCUT2D eigenvalue weighted by molar-refractivity contribution is 0.0113. The number of Topliss-reactive ketones (excluding diaryl/α,β-unsaturated/α-hetero) is 1. The number of ether oxygens (including phenoxy) is 1. The highest BCUT2D eigenvalue weighted by atomic mass is 19.1. The molecule has 1 aliphatic carbocycles. The van der Waals surface area contributed by atoms with Crippen molar-refractivity contribution in [1.29, 1.82) is 0 Å². The van der Waals surface area contributed by atoms with Crippen molar-refractivity contribution in [3.63, 3.8) is 0 Å². The van der Waals surface area contributed by atoms with E-state index in [1.165, 1.54) is 6.07 Å². The zero-order chi connectivity index (χ0) is 16.8. The van der Waals surface area contributed by atoms with Crippen molar-refractivity contribution < 1.29 is 18.7 Å². The van der Waals surface area contributed by atoms with Gasteiger partial charge in [-0.15, -0.1) is 0 Å². The molecular weight excluding hydrogens is 297 g/mol. The summed E-state index contributed by atoms with van der Waals surface area (Å²) in [4.78, 5) is 26.5. The standard InChI is InChI=1S/C18H22FNO3/c1-17(2,3)23-16(22)20-9-7-18(8-10-20)11-12-5-4-6-13(19)14(12)15(18)21/h4-6H,7-11H2,1-3H3. The van der Waals surface area contributed by atoms with Crippen LogP contribution >= 0.6 is 0 Å². The van der Waals surface area contributed by atoms with Gasteiger partial charge >= 0.3 is 6.09 Å². The van der Waals surface area contributed by atoms with E-state index in [-0.39, 0.29) is 17.4 Å². The second-order valence-electron chi connectivity index (χ2n) is 7.53. The average molecular weight is 319 g/mol. The first-order valence-corrected chi connectivity index (χ1v) is 8.02. The molecule has 0 aromatic heterocycles. The Morgan fingerprint density at radius 3 is 2.48 bits per heavy atom. The van der Waals surface area contributed by atoms with E-state index in [1.807, 2.05) is 26.8 Å². The Kier molecular flexibility index (Phi) is 3.69. The summed E-state index contributed by atoms with van der Waals surface area (Å²) >= 11 is 0. The quantitative estimate of drug-likeness (QED) is 0.734. The number of nitrogens with zero attached hydrogens (tertiary/aromatic N) is 1. The van der Waals surface area contributed by atoms with Gasteiger partial charge in [-0.05, 0) is 51.7 Å². The molecule has 0 saturated carbocycles. The lowest BCUT2D eigenvalue weighted by Crippen LogP contribution is -2.47. The number of carbonyl (C=O) groups is 2. The third kappa shape index (κ3) is 2.84. The first kappa shape index (κ1) is 16.0. The van der Waals surface area contributed by atoms with Crippen LogP contribution in [0.2, 0.25) is 0 Å². The number of carbonyl (C=O) groups excluding carboxylic acids is 2. The van der Waals surface area contributed by atoms with Crippen LogP contribution in [0.4, 0.5) is 9.18 Å². The van der Waals surface area contributed by atoms with Crippen molar-refractivity contribution in [3.05, 3.63) is 35.1 Å². The molecule has 5 heteroatoms. The molecule has 0 bridgehead atoms. The van der Waals surface area contributed by atoms with Crippen LogP contribution in [-0.2, 0) is 11.2 Å². The molecule has 0 unspecified atom stereocenters. The molecule has 124 valence electrons. The minimum atomic E-state index is -0.553. The Hall–Kier alpha value is -1.91. The lowest BCUT2D eigenvalue weighted by atomic mass is 9.75. The summed E-state index contributed by atoms with van der Waals surface area (Å²) in [6, 6.07) is 4.81. The van der Waals surface area contributed by atoms with Crippen LogP contribution in [0.5, 0.6) is 0 Å². The van der Waals surface area contributed by atoms with Crippen LogP contribution in [0.3, 0.4) is 0 Å². The molecule has 4 nitrogen and oxygen atoms in total. The van der Waals surface area contributed by atoms with E-state index < -0.39 is 16.8 Å². The Labute approximate surface area is 135 Å². The Morgan fingerprint density at radius 2 is 1.91 bits per heavy atom. The fraction of sp³-hybridized carbons (Fsp3) is 0.556. The molecule has 1 spiro atoms. The van der Waals surface area contributed by atoms with Crippen LogP contribution < -0.4 is 0 Å².